The summed E-state index contributed by atoms with van der Waals surface area (Å²) in [5.74, 6) is 4.90. The Hall–Kier alpha value is -0.120. The normalized spacial score (nSPS) is 36.0. The summed E-state index contributed by atoms with van der Waals surface area (Å²) >= 11 is 0. The molecule has 4 fully saturated rings. The Labute approximate surface area is 263 Å². The van der Waals surface area contributed by atoms with Gasteiger partial charge in [0.25, 0.3) is 0 Å². The summed E-state index contributed by atoms with van der Waals surface area (Å²) in [6.45, 7) is 11.9. The van der Waals surface area contributed by atoms with Gasteiger partial charge in [0.2, 0.25) is 0 Å². The zero-order valence-electron chi connectivity index (χ0n) is 28.7. The highest BCUT2D eigenvalue weighted by atomic mass is 16.5. The summed E-state index contributed by atoms with van der Waals surface area (Å²) in [5, 5.41) is 3.78. The second-order valence-electron chi connectivity index (χ2n) is 16.2. The molecule has 0 amide bonds. The van der Waals surface area contributed by atoms with Crippen molar-refractivity contribution in [3.63, 3.8) is 0 Å². The van der Waals surface area contributed by atoms with Gasteiger partial charge in [-0.2, -0.15) is 0 Å². The van der Waals surface area contributed by atoms with E-state index in [1.54, 1.807) is 0 Å². The highest BCUT2D eigenvalue weighted by Crippen LogP contribution is 2.68. The molecule has 42 heavy (non-hydrogen) atoms. The molecule has 2 unspecified atom stereocenters. The molecule has 4 aliphatic rings. The van der Waals surface area contributed by atoms with Gasteiger partial charge in [-0.3, -0.25) is 0 Å². The molecule has 0 aromatic carbocycles. The fraction of sp³-hybridized carbons (Fsp3) is 1.00. The van der Waals surface area contributed by atoms with Crippen LogP contribution in [0, 0.1) is 40.4 Å². The molecular weight excluding hydrogens is 512 g/mol. The fourth-order valence-corrected chi connectivity index (χ4v) is 11.0. The van der Waals surface area contributed by atoms with Crippen LogP contribution in [0.5, 0.6) is 0 Å². The van der Waals surface area contributed by atoms with Crippen molar-refractivity contribution < 1.29 is 4.74 Å². The summed E-state index contributed by atoms with van der Waals surface area (Å²) in [4.78, 5) is 0. The molecule has 246 valence electrons. The van der Waals surface area contributed by atoms with Crippen LogP contribution in [0.15, 0.2) is 0 Å². The summed E-state index contributed by atoms with van der Waals surface area (Å²) in [6.07, 6.45) is 34.8. The first-order valence-corrected chi connectivity index (χ1v) is 19.5. The van der Waals surface area contributed by atoms with Gasteiger partial charge in [-0.25, -0.2) is 0 Å². The van der Waals surface area contributed by atoms with E-state index in [1.807, 2.05) is 0 Å². The summed E-state index contributed by atoms with van der Waals surface area (Å²) in [7, 11) is 0. The standard InChI is InChI=1S/C39H74N2O/c1-4-5-6-7-8-9-10-11-12-13-15-28-41-29-16-14-18-32-20-22-36-35-21-19-33-31-34(42-30-17-27-40)23-25-39(33,3)37(35)24-26-38(32,36)2/h32-37,41H,4-31,40H2,1-3H3/t32-,33+,34+,35-,36?,37?,38+,39-/m0/s1. The van der Waals surface area contributed by atoms with Gasteiger partial charge >= 0.3 is 0 Å². The maximum atomic E-state index is 6.28. The van der Waals surface area contributed by atoms with Crippen molar-refractivity contribution in [2.24, 2.45) is 46.2 Å². The summed E-state index contributed by atoms with van der Waals surface area (Å²) in [5.41, 5.74) is 6.92. The van der Waals surface area contributed by atoms with Crippen LogP contribution in [-0.2, 0) is 4.74 Å². The Kier molecular flexibility index (Phi) is 15.0. The van der Waals surface area contributed by atoms with E-state index in [4.69, 9.17) is 10.5 Å². The average molecular weight is 587 g/mol. The van der Waals surface area contributed by atoms with Crippen LogP contribution in [0.4, 0.5) is 0 Å². The van der Waals surface area contributed by atoms with Crippen molar-refractivity contribution in [2.75, 3.05) is 26.2 Å². The van der Waals surface area contributed by atoms with Gasteiger partial charge in [0.15, 0.2) is 0 Å². The maximum absolute atomic E-state index is 6.28. The number of nitrogens with two attached hydrogens (primary N) is 1. The Morgan fingerprint density at radius 2 is 1.31 bits per heavy atom. The molecule has 8 atom stereocenters. The Morgan fingerprint density at radius 3 is 2.02 bits per heavy atom. The van der Waals surface area contributed by atoms with Crippen molar-refractivity contribution in [2.45, 2.75) is 181 Å². The number of ether oxygens (including phenoxy) is 1. The van der Waals surface area contributed by atoms with E-state index in [1.165, 1.54) is 161 Å². The Balaban J connectivity index is 1.07. The molecule has 0 bridgehead atoms. The van der Waals surface area contributed by atoms with Gasteiger partial charge in [-0.15, -0.1) is 0 Å². The highest BCUT2D eigenvalue weighted by molar-refractivity contribution is 5.09. The number of hydrogen-bond acceptors (Lipinski definition) is 3. The molecule has 0 aromatic heterocycles. The van der Waals surface area contributed by atoms with Crippen molar-refractivity contribution in [3.05, 3.63) is 0 Å². The molecular formula is C39H74N2O. The van der Waals surface area contributed by atoms with Crippen LogP contribution < -0.4 is 11.1 Å². The van der Waals surface area contributed by atoms with Crippen LogP contribution in [0.1, 0.15) is 175 Å². The third-order valence-electron chi connectivity index (χ3n) is 13.6. The molecule has 3 N–H and O–H groups in total. The second kappa shape index (κ2) is 18.1. The topological polar surface area (TPSA) is 47.3 Å². The largest absolute Gasteiger partial charge is 0.378 e. The molecule has 4 aliphatic carbocycles. The van der Waals surface area contributed by atoms with E-state index >= 15 is 0 Å². The molecule has 4 saturated carbocycles. The van der Waals surface area contributed by atoms with E-state index in [-0.39, 0.29) is 0 Å². The van der Waals surface area contributed by atoms with Gasteiger partial charge in [0, 0.05) is 6.61 Å². The molecule has 0 heterocycles. The first-order valence-electron chi connectivity index (χ1n) is 19.5. The van der Waals surface area contributed by atoms with Crippen LogP contribution in [0.3, 0.4) is 0 Å². The third kappa shape index (κ3) is 9.22. The van der Waals surface area contributed by atoms with E-state index in [0.717, 1.165) is 49.2 Å². The minimum atomic E-state index is 0.505. The number of unbranched alkanes of at least 4 members (excludes halogenated alkanes) is 11. The SMILES string of the molecule is CCCCCCCCCCCCCNCCCC[C@H]1CCC2[C@@H]3CC[C@@H]4C[C@H](OCCCN)CC[C@]4(C)C3CC[C@@]21C. The predicted molar refractivity (Wildman–Crippen MR) is 182 cm³/mol. The zero-order chi connectivity index (χ0) is 29.7. The van der Waals surface area contributed by atoms with E-state index < -0.39 is 0 Å². The number of fused-ring (bicyclic) bond motifs is 5. The van der Waals surface area contributed by atoms with Gasteiger partial charge in [0.1, 0.15) is 0 Å². The smallest absolute Gasteiger partial charge is 0.0578 e. The van der Waals surface area contributed by atoms with Crippen LogP contribution >= 0.6 is 0 Å². The van der Waals surface area contributed by atoms with E-state index in [0.29, 0.717) is 16.9 Å². The lowest BCUT2D eigenvalue weighted by molar-refractivity contribution is -0.134. The first-order chi connectivity index (χ1) is 20.5. The van der Waals surface area contributed by atoms with Crippen molar-refractivity contribution in [1.82, 2.24) is 5.32 Å². The third-order valence-corrected chi connectivity index (χ3v) is 13.6. The van der Waals surface area contributed by atoms with Gasteiger partial charge in [0.05, 0.1) is 6.10 Å². The lowest BCUT2D eigenvalue weighted by Gasteiger charge is -2.61. The van der Waals surface area contributed by atoms with Crippen molar-refractivity contribution >= 4 is 0 Å². The molecule has 0 aliphatic heterocycles. The second-order valence-corrected chi connectivity index (χ2v) is 16.2. The highest BCUT2D eigenvalue weighted by Gasteiger charge is 2.59. The van der Waals surface area contributed by atoms with E-state index in [9.17, 15) is 0 Å². The molecule has 0 spiro atoms. The lowest BCUT2D eigenvalue weighted by atomic mass is 9.44. The first kappa shape index (κ1) is 34.7. The minimum Gasteiger partial charge on any atom is -0.378 e. The molecule has 4 rings (SSSR count). The average Bonchev–Trinajstić information content (AvgIpc) is 3.33. The molecule has 3 heteroatoms. The monoisotopic (exact) mass is 587 g/mol. The Morgan fingerprint density at radius 1 is 0.667 bits per heavy atom. The van der Waals surface area contributed by atoms with Crippen LogP contribution in [0.2, 0.25) is 0 Å². The Bertz CT molecular complexity index is 727. The minimum absolute atomic E-state index is 0.505. The maximum Gasteiger partial charge on any atom is 0.0578 e. The van der Waals surface area contributed by atoms with Crippen LogP contribution in [0.25, 0.3) is 0 Å². The number of rotatable bonds is 21. The summed E-state index contributed by atoms with van der Waals surface area (Å²) < 4.78 is 6.28. The van der Waals surface area contributed by atoms with Crippen molar-refractivity contribution in [3.8, 4) is 0 Å². The van der Waals surface area contributed by atoms with Crippen molar-refractivity contribution in [1.29, 1.82) is 0 Å². The van der Waals surface area contributed by atoms with Crippen LogP contribution in [-0.4, -0.2) is 32.3 Å². The van der Waals surface area contributed by atoms with Gasteiger partial charge in [-0.1, -0.05) is 91.4 Å². The zero-order valence-corrected chi connectivity index (χ0v) is 28.7. The number of hydrogen-bond donors (Lipinski definition) is 2. The summed E-state index contributed by atoms with van der Waals surface area (Å²) in [6, 6.07) is 0. The number of nitrogens with one attached hydrogen (secondary N) is 1. The van der Waals surface area contributed by atoms with Gasteiger partial charge in [-0.05, 0) is 144 Å². The molecule has 0 aromatic rings. The molecule has 0 radical (unpaired) electrons. The molecule has 0 saturated heterocycles. The quantitative estimate of drug-likeness (QED) is 0.132. The lowest BCUT2D eigenvalue weighted by Crippen LogP contribution is -2.54. The fourth-order valence-electron chi connectivity index (χ4n) is 11.0. The van der Waals surface area contributed by atoms with Gasteiger partial charge < -0.3 is 15.8 Å². The molecule has 3 nitrogen and oxygen atoms in total. The predicted octanol–water partition coefficient (Wildman–Crippen LogP) is 10.5. The van der Waals surface area contributed by atoms with E-state index in [2.05, 4.69) is 26.1 Å².